The molecule has 4 rings (SSSR count). The SMILES string of the molecule is COc1ccc(CNc2nc3c(OC)cccc3c3nc(CC(C)O)nn23)c(OC)c1. The molecule has 0 aliphatic rings. The molecule has 0 amide bonds. The minimum atomic E-state index is -0.550. The predicted octanol–water partition coefficient (Wildman–Crippen LogP) is 2.84. The van der Waals surface area contributed by atoms with E-state index < -0.39 is 6.10 Å². The van der Waals surface area contributed by atoms with E-state index in [-0.39, 0.29) is 0 Å². The number of fused-ring (bicyclic) bond motifs is 3. The monoisotopic (exact) mass is 423 g/mol. The maximum Gasteiger partial charge on any atom is 0.226 e. The lowest BCUT2D eigenvalue weighted by molar-refractivity contribution is 0.193. The van der Waals surface area contributed by atoms with E-state index in [2.05, 4.69) is 15.4 Å². The molecule has 2 aromatic carbocycles. The zero-order valence-electron chi connectivity index (χ0n) is 17.9. The number of ether oxygens (including phenoxy) is 3. The molecule has 4 aromatic rings. The third-order valence-electron chi connectivity index (χ3n) is 4.94. The Hall–Kier alpha value is -3.59. The summed E-state index contributed by atoms with van der Waals surface area (Å²) in [5.74, 6) is 3.11. The number of benzene rings is 2. The molecular weight excluding hydrogens is 398 g/mol. The molecule has 31 heavy (non-hydrogen) atoms. The van der Waals surface area contributed by atoms with Gasteiger partial charge in [-0.25, -0.2) is 9.97 Å². The van der Waals surface area contributed by atoms with Crippen LogP contribution in [-0.4, -0.2) is 52.1 Å². The highest BCUT2D eigenvalue weighted by atomic mass is 16.5. The summed E-state index contributed by atoms with van der Waals surface area (Å²) in [5.41, 5.74) is 2.25. The van der Waals surface area contributed by atoms with Crippen LogP contribution in [0.2, 0.25) is 0 Å². The Kier molecular flexibility index (Phi) is 5.77. The third kappa shape index (κ3) is 4.04. The molecule has 2 heterocycles. The number of aromatic nitrogens is 4. The molecule has 9 heteroatoms. The number of para-hydroxylation sites is 1. The third-order valence-corrected chi connectivity index (χ3v) is 4.94. The number of hydrogen-bond acceptors (Lipinski definition) is 8. The Morgan fingerprint density at radius 2 is 1.84 bits per heavy atom. The van der Waals surface area contributed by atoms with Crippen LogP contribution in [0.3, 0.4) is 0 Å². The molecule has 0 aliphatic carbocycles. The number of hydrogen-bond donors (Lipinski definition) is 2. The Morgan fingerprint density at radius 1 is 1.03 bits per heavy atom. The van der Waals surface area contributed by atoms with Crippen molar-refractivity contribution in [3.63, 3.8) is 0 Å². The molecular formula is C22H25N5O4. The molecule has 9 nitrogen and oxygen atoms in total. The van der Waals surface area contributed by atoms with Gasteiger partial charge in [-0.3, -0.25) is 0 Å². The summed E-state index contributed by atoms with van der Waals surface area (Å²) in [6, 6.07) is 11.3. The Labute approximate surface area is 179 Å². The van der Waals surface area contributed by atoms with E-state index in [0.29, 0.717) is 47.4 Å². The fraction of sp³-hybridized carbons (Fsp3) is 0.318. The van der Waals surface area contributed by atoms with Gasteiger partial charge in [0, 0.05) is 30.0 Å². The van der Waals surface area contributed by atoms with Crippen molar-refractivity contribution in [2.24, 2.45) is 0 Å². The molecule has 0 aliphatic heterocycles. The Balaban J connectivity index is 1.79. The van der Waals surface area contributed by atoms with Crippen LogP contribution in [0, 0.1) is 0 Å². The van der Waals surface area contributed by atoms with Gasteiger partial charge < -0.3 is 24.6 Å². The summed E-state index contributed by atoms with van der Waals surface area (Å²) in [7, 11) is 4.85. The van der Waals surface area contributed by atoms with Crippen molar-refractivity contribution >= 4 is 22.5 Å². The molecule has 0 bridgehead atoms. The van der Waals surface area contributed by atoms with Crippen molar-refractivity contribution in [3.8, 4) is 17.2 Å². The first-order valence-corrected chi connectivity index (χ1v) is 9.89. The number of aliphatic hydroxyl groups is 1. The summed E-state index contributed by atoms with van der Waals surface area (Å²) >= 11 is 0. The number of anilines is 1. The maximum absolute atomic E-state index is 9.78. The maximum atomic E-state index is 9.78. The van der Waals surface area contributed by atoms with Crippen LogP contribution in [0.25, 0.3) is 16.6 Å². The van der Waals surface area contributed by atoms with Crippen LogP contribution in [0.5, 0.6) is 17.2 Å². The van der Waals surface area contributed by atoms with Crippen molar-refractivity contribution in [1.29, 1.82) is 0 Å². The van der Waals surface area contributed by atoms with Crippen LogP contribution in [0.1, 0.15) is 18.3 Å². The minimum absolute atomic E-state index is 0.346. The summed E-state index contributed by atoms with van der Waals surface area (Å²) in [5, 5.41) is 18.5. The van der Waals surface area contributed by atoms with Crippen molar-refractivity contribution in [2.75, 3.05) is 26.6 Å². The number of nitrogens with one attached hydrogen (secondary N) is 1. The van der Waals surface area contributed by atoms with Crippen LogP contribution in [0.15, 0.2) is 36.4 Å². The second-order valence-corrected chi connectivity index (χ2v) is 7.14. The van der Waals surface area contributed by atoms with Gasteiger partial charge in [0.2, 0.25) is 5.95 Å². The fourth-order valence-electron chi connectivity index (χ4n) is 3.45. The van der Waals surface area contributed by atoms with Gasteiger partial charge in [0.1, 0.15) is 22.8 Å². The predicted molar refractivity (Wildman–Crippen MR) is 117 cm³/mol. The van der Waals surface area contributed by atoms with E-state index in [0.717, 1.165) is 16.7 Å². The molecule has 2 aromatic heterocycles. The second kappa shape index (κ2) is 8.65. The van der Waals surface area contributed by atoms with Crippen LogP contribution >= 0.6 is 0 Å². The van der Waals surface area contributed by atoms with Gasteiger partial charge in [0.15, 0.2) is 11.5 Å². The molecule has 0 spiro atoms. The quantitative estimate of drug-likeness (QED) is 0.446. The average molecular weight is 423 g/mol. The van der Waals surface area contributed by atoms with E-state index in [9.17, 15) is 5.11 Å². The normalized spacial score (nSPS) is 12.2. The molecule has 0 radical (unpaired) electrons. The number of aliphatic hydroxyl groups excluding tert-OH is 1. The number of nitrogens with zero attached hydrogens (tertiary/aromatic N) is 4. The van der Waals surface area contributed by atoms with Gasteiger partial charge in [-0.1, -0.05) is 6.07 Å². The standard InChI is InChI=1S/C22H25N5O4/c1-13(28)10-19-24-21-16-6-5-7-17(30-3)20(16)25-22(27(21)26-19)23-12-14-8-9-15(29-2)11-18(14)31-4/h5-9,11,13,28H,10,12H2,1-4H3,(H,23,25). The highest BCUT2D eigenvalue weighted by Crippen LogP contribution is 2.29. The van der Waals surface area contributed by atoms with E-state index >= 15 is 0 Å². The number of rotatable bonds is 8. The second-order valence-electron chi connectivity index (χ2n) is 7.14. The highest BCUT2D eigenvalue weighted by Gasteiger charge is 2.17. The zero-order chi connectivity index (χ0) is 22.0. The first-order chi connectivity index (χ1) is 15.0. The van der Waals surface area contributed by atoms with Gasteiger partial charge in [0.25, 0.3) is 0 Å². The molecule has 1 atom stereocenters. The van der Waals surface area contributed by atoms with Gasteiger partial charge in [-0.15, -0.1) is 5.10 Å². The molecule has 0 saturated heterocycles. The fourth-order valence-corrected chi connectivity index (χ4v) is 3.45. The van der Waals surface area contributed by atoms with Crippen molar-refractivity contribution in [2.45, 2.75) is 26.0 Å². The van der Waals surface area contributed by atoms with E-state index in [1.807, 2.05) is 36.4 Å². The molecule has 0 fully saturated rings. The molecule has 162 valence electrons. The zero-order valence-corrected chi connectivity index (χ0v) is 17.9. The lowest BCUT2D eigenvalue weighted by Gasteiger charge is -2.13. The van der Waals surface area contributed by atoms with Gasteiger partial charge >= 0.3 is 0 Å². The first-order valence-electron chi connectivity index (χ1n) is 9.89. The van der Waals surface area contributed by atoms with Crippen LogP contribution in [-0.2, 0) is 13.0 Å². The first kappa shape index (κ1) is 20.7. The smallest absolute Gasteiger partial charge is 0.226 e. The summed E-state index contributed by atoms with van der Waals surface area (Å²) in [4.78, 5) is 9.41. The summed E-state index contributed by atoms with van der Waals surface area (Å²) < 4.78 is 17.9. The van der Waals surface area contributed by atoms with Crippen LogP contribution < -0.4 is 19.5 Å². The van der Waals surface area contributed by atoms with E-state index in [4.69, 9.17) is 19.2 Å². The largest absolute Gasteiger partial charge is 0.497 e. The lowest BCUT2D eigenvalue weighted by Crippen LogP contribution is -2.10. The Bertz CT molecular complexity index is 1220. The van der Waals surface area contributed by atoms with E-state index in [1.54, 1.807) is 32.8 Å². The van der Waals surface area contributed by atoms with Crippen molar-refractivity contribution in [3.05, 3.63) is 47.8 Å². The molecule has 0 saturated carbocycles. The van der Waals surface area contributed by atoms with Crippen molar-refractivity contribution in [1.82, 2.24) is 19.6 Å². The average Bonchev–Trinajstić information content (AvgIpc) is 3.20. The lowest BCUT2D eigenvalue weighted by atomic mass is 10.2. The van der Waals surface area contributed by atoms with Crippen molar-refractivity contribution < 1.29 is 19.3 Å². The van der Waals surface area contributed by atoms with Gasteiger partial charge in [-0.05, 0) is 31.2 Å². The van der Waals surface area contributed by atoms with Gasteiger partial charge in [-0.2, -0.15) is 4.52 Å². The molecule has 1 unspecified atom stereocenters. The van der Waals surface area contributed by atoms with Crippen LogP contribution in [0.4, 0.5) is 5.95 Å². The Morgan fingerprint density at radius 3 is 2.55 bits per heavy atom. The summed E-state index contributed by atoms with van der Waals surface area (Å²) in [6.45, 7) is 2.15. The molecule has 2 N–H and O–H groups in total. The van der Waals surface area contributed by atoms with E-state index in [1.165, 1.54) is 0 Å². The highest BCUT2D eigenvalue weighted by molar-refractivity contribution is 5.95. The summed E-state index contributed by atoms with van der Waals surface area (Å²) in [6.07, 6.45) is -0.204. The van der Waals surface area contributed by atoms with Gasteiger partial charge in [0.05, 0.1) is 27.4 Å². The minimum Gasteiger partial charge on any atom is -0.497 e. The topological polar surface area (TPSA) is 103 Å². The number of methoxy groups -OCH3 is 3.